The predicted octanol–water partition coefficient (Wildman–Crippen LogP) is 1.45. The van der Waals surface area contributed by atoms with E-state index in [0.717, 1.165) is 10.8 Å². The molecule has 0 aliphatic heterocycles. The molecule has 0 saturated carbocycles. The average Bonchev–Trinajstić information content (AvgIpc) is 2.45. The van der Waals surface area contributed by atoms with Crippen LogP contribution in [0.2, 0.25) is 0 Å². The van der Waals surface area contributed by atoms with Crippen LogP contribution in [0.5, 0.6) is 0 Å². The fourth-order valence-corrected chi connectivity index (χ4v) is 2.32. The van der Waals surface area contributed by atoms with E-state index in [1.165, 1.54) is 0 Å². The maximum Gasteiger partial charge on any atom is 0.249 e. The Hall–Kier alpha value is -2.87. The largest absolute Gasteiger partial charge is 0.369 e. The Morgan fingerprint density at radius 3 is 2.43 bits per heavy atom. The normalized spacial score (nSPS) is 10.5. The maximum absolute atomic E-state index is 11.8. The van der Waals surface area contributed by atoms with Gasteiger partial charge in [-0.25, -0.2) is 0 Å². The predicted molar refractivity (Wildman–Crippen MR) is 78.8 cm³/mol. The second kappa shape index (κ2) is 6.06. The second-order valence-corrected chi connectivity index (χ2v) is 4.66. The molecule has 0 saturated heterocycles. The average molecular weight is 280 g/mol. The van der Waals surface area contributed by atoms with Crippen molar-refractivity contribution in [2.45, 2.75) is 12.8 Å². The summed E-state index contributed by atoms with van der Waals surface area (Å²) in [5.74, 6) is -0.946. The Morgan fingerprint density at radius 1 is 1.10 bits per heavy atom. The van der Waals surface area contributed by atoms with E-state index in [2.05, 4.69) is 0 Å². The molecular formula is C16H14N3O2. The molecule has 1 radical (unpaired) electrons. The molecule has 5 heteroatoms. The van der Waals surface area contributed by atoms with Crippen LogP contribution in [0, 0.1) is 17.2 Å². The van der Waals surface area contributed by atoms with E-state index in [4.69, 9.17) is 16.7 Å². The summed E-state index contributed by atoms with van der Waals surface area (Å²) in [7, 11) is 0. The van der Waals surface area contributed by atoms with E-state index >= 15 is 0 Å². The topological polar surface area (TPSA) is 110 Å². The van der Waals surface area contributed by atoms with Crippen LogP contribution in [0.4, 0.5) is 0 Å². The highest BCUT2D eigenvalue weighted by Gasteiger charge is 2.21. The SMILES string of the molecule is N#CC[C](Cc1ccc2ccccc2c1C(N)=O)C(N)=O. The van der Waals surface area contributed by atoms with Crippen molar-refractivity contribution in [3.63, 3.8) is 0 Å². The molecule has 0 aliphatic rings. The van der Waals surface area contributed by atoms with E-state index in [1.807, 2.05) is 30.3 Å². The summed E-state index contributed by atoms with van der Waals surface area (Å²) in [4.78, 5) is 23.1. The zero-order chi connectivity index (χ0) is 15.4. The Morgan fingerprint density at radius 2 is 1.81 bits per heavy atom. The fraction of sp³-hybridized carbons (Fsp3) is 0.125. The van der Waals surface area contributed by atoms with Gasteiger partial charge in [-0.2, -0.15) is 5.26 Å². The van der Waals surface area contributed by atoms with Crippen molar-refractivity contribution in [1.29, 1.82) is 5.26 Å². The molecule has 0 heterocycles. The van der Waals surface area contributed by atoms with Crippen LogP contribution >= 0.6 is 0 Å². The fourth-order valence-electron chi connectivity index (χ4n) is 2.32. The van der Waals surface area contributed by atoms with Crippen molar-refractivity contribution in [2.75, 3.05) is 0 Å². The number of hydrogen-bond donors (Lipinski definition) is 2. The molecule has 5 nitrogen and oxygen atoms in total. The standard InChI is InChI=1S/C16H14N3O2/c17-8-7-12(15(18)20)9-11-6-5-10-3-1-2-4-13(10)14(11)16(19)21/h1-6H,7,9H2,(H2,18,20)(H2,19,21). The Labute approximate surface area is 122 Å². The van der Waals surface area contributed by atoms with Crippen molar-refractivity contribution >= 4 is 22.6 Å². The number of carbonyl (C=O) groups excluding carboxylic acids is 2. The first-order chi connectivity index (χ1) is 10.0. The molecule has 0 aromatic heterocycles. The zero-order valence-electron chi connectivity index (χ0n) is 11.3. The number of carbonyl (C=O) groups is 2. The molecular weight excluding hydrogens is 266 g/mol. The summed E-state index contributed by atoms with van der Waals surface area (Å²) < 4.78 is 0. The number of amides is 2. The van der Waals surface area contributed by atoms with Crippen molar-refractivity contribution in [1.82, 2.24) is 0 Å². The lowest BCUT2D eigenvalue weighted by Crippen LogP contribution is -2.24. The van der Waals surface area contributed by atoms with Crippen LogP contribution in [-0.2, 0) is 11.2 Å². The van der Waals surface area contributed by atoms with Crippen LogP contribution in [0.3, 0.4) is 0 Å². The minimum Gasteiger partial charge on any atom is -0.369 e. The molecule has 21 heavy (non-hydrogen) atoms. The van der Waals surface area contributed by atoms with Gasteiger partial charge in [-0.15, -0.1) is 0 Å². The van der Waals surface area contributed by atoms with Crippen molar-refractivity contribution < 1.29 is 9.59 Å². The summed E-state index contributed by atoms with van der Waals surface area (Å²) in [5, 5.41) is 10.4. The van der Waals surface area contributed by atoms with E-state index in [0.29, 0.717) is 11.1 Å². The Bertz CT molecular complexity index is 747. The molecule has 0 fully saturated rings. The molecule has 0 spiro atoms. The van der Waals surface area contributed by atoms with Crippen molar-refractivity contribution in [2.24, 2.45) is 11.5 Å². The van der Waals surface area contributed by atoms with Gasteiger partial charge in [-0.05, 0) is 22.8 Å². The van der Waals surface area contributed by atoms with Crippen LogP contribution in [0.1, 0.15) is 22.3 Å². The lowest BCUT2D eigenvalue weighted by molar-refractivity contribution is -0.116. The minimum atomic E-state index is -0.639. The van der Waals surface area contributed by atoms with Crippen molar-refractivity contribution in [3.8, 4) is 6.07 Å². The molecule has 0 bridgehead atoms. The highest BCUT2D eigenvalue weighted by molar-refractivity contribution is 6.08. The lowest BCUT2D eigenvalue weighted by Gasteiger charge is -2.13. The number of nitrogens with two attached hydrogens (primary N) is 2. The quantitative estimate of drug-likeness (QED) is 0.864. The third-order valence-corrected chi connectivity index (χ3v) is 3.31. The number of hydrogen-bond acceptors (Lipinski definition) is 3. The Balaban J connectivity index is 2.53. The number of benzene rings is 2. The summed E-state index contributed by atoms with van der Waals surface area (Å²) >= 11 is 0. The smallest absolute Gasteiger partial charge is 0.249 e. The molecule has 0 unspecified atom stereocenters. The minimum absolute atomic E-state index is 0.0691. The summed E-state index contributed by atoms with van der Waals surface area (Å²) in [6.07, 6.45) is 0.0758. The maximum atomic E-state index is 11.8. The van der Waals surface area contributed by atoms with Crippen LogP contribution in [-0.4, -0.2) is 11.8 Å². The number of fused-ring (bicyclic) bond motifs is 1. The number of rotatable bonds is 5. The van der Waals surface area contributed by atoms with Crippen LogP contribution in [0.25, 0.3) is 10.8 Å². The number of primary amides is 2. The molecule has 2 rings (SSSR count). The highest BCUT2D eigenvalue weighted by Crippen LogP contribution is 2.25. The highest BCUT2D eigenvalue weighted by atomic mass is 16.1. The first kappa shape index (κ1) is 14.5. The third-order valence-electron chi connectivity index (χ3n) is 3.31. The zero-order valence-corrected chi connectivity index (χ0v) is 11.3. The van der Waals surface area contributed by atoms with Gasteiger partial charge in [0.2, 0.25) is 11.8 Å². The lowest BCUT2D eigenvalue weighted by atomic mass is 9.90. The Kier molecular flexibility index (Phi) is 4.19. The van der Waals surface area contributed by atoms with Gasteiger partial charge in [0.15, 0.2) is 0 Å². The van der Waals surface area contributed by atoms with Gasteiger partial charge in [0.25, 0.3) is 0 Å². The van der Waals surface area contributed by atoms with E-state index in [9.17, 15) is 9.59 Å². The first-order valence-electron chi connectivity index (χ1n) is 6.36. The number of nitriles is 1. The second-order valence-electron chi connectivity index (χ2n) is 4.66. The van der Waals surface area contributed by atoms with Crippen LogP contribution in [0.15, 0.2) is 36.4 Å². The summed E-state index contributed by atoms with van der Waals surface area (Å²) in [6.45, 7) is 0. The van der Waals surface area contributed by atoms with Gasteiger partial charge in [-0.1, -0.05) is 36.4 Å². The van der Waals surface area contributed by atoms with Crippen LogP contribution < -0.4 is 11.5 Å². The van der Waals surface area contributed by atoms with E-state index in [-0.39, 0.29) is 18.8 Å². The third kappa shape index (κ3) is 3.00. The van der Waals surface area contributed by atoms with Gasteiger partial charge >= 0.3 is 0 Å². The van der Waals surface area contributed by atoms with Crippen molar-refractivity contribution in [3.05, 3.63) is 53.4 Å². The number of nitrogens with zero attached hydrogens (tertiary/aromatic N) is 1. The van der Waals surface area contributed by atoms with Gasteiger partial charge in [0.05, 0.1) is 24.0 Å². The summed E-state index contributed by atoms with van der Waals surface area (Å²) in [5.41, 5.74) is 11.7. The van der Waals surface area contributed by atoms with Gasteiger partial charge < -0.3 is 11.5 Å². The summed E-state index contributed by atoms with van der Waals surface area (Å²) in [6, 6.07) is 12.8. The molecule has 4 N–H and O–H groups in total. The molecule has 2 amide bonds. The van der Waals surface area contributed by atoms with E-state index in [1.54, 1.807) is 12.1 Å². The van der Waals surface area contributed by atoms with E-state index < -0.39 is 11.8 Å². The van der Waals surface area contributed by atoms with Gasteiger partial charge in [0, 0.05) is 0 Å². The van der Waals surface area contributed by atoms with Gasteiger partial charge in [0.1, 0.15) is 0 Å². The molecule has 0 aliphatic carbocycles. The molecule has 105 valence electrons. The molecule has 2 aromatic carbocycles. The monoisotopic (exact) mass is 280 g/mol. The first-order valence-corrected chi connectivity index (χ1v) is 6.36. The van der Waals surface area contributed by atoms with Gasteiger partial charge in [-0.3, -0.25) is 9.59 Å². The molecule has 0 atom stereocenters. The molecule has 2 aromatic rings.